The fraction of sp³-hybridized carbons (Fsp3) is 0.318. The summed E-state index contributed by atoms with van der Waals surface area (Å²) in [4.78, 5) is 2.38. The highest BCUT2D eigenvalue weighted by Gasteiger charge is 2.10. The maximum atomic E-state index is 5.98. The van der Waals surface area contributed by atoms with Gasteiger partial charge < -0.3 is 9.47 Å². The fourth-order valence-electron chi connectivity index (χ4n) is 3.33. The lowest BCUT2D eigenvalue weighted by Crippen LogP contribution is -2.38. The van der Waals surface area contributed by atoms with Gasteiger partial charge in [-0.1, -0.05) is 30.3 Å². The van der Waals surface area contributed by atoms with Crippen LogP contribution >= 0.6 is 0 Å². The molecule has 0 unspecified atom stereocenters. The lowest BCUT2D eigenvalue weighted by atomic mass is 10.1. The number of hydrogen-bond donors (Lipinski definition) is 1. The molecule has 3 aromatic rings. The van der Waals surface area contributed by atoms with Gasteiger partial charge in [0.1, 0.15) is 12.4 Å². The van der Waals surface area contributed by atoms with Crippen molar-refractivity contribution >= 4 is 23.1 Å². The first-order valence-electron chi connectivity index (χ1n) is 9.44. The SMILES string of the molecule is Cc1cc(C=Cc2n[nH]c3ccccc23)ccc1OCCN1CCOCC1. The predicted octanol–water partition coefficient (Wildman–Crippen LogP) is 3.75. The molecule has 1 aliphatic heterocycles. The summed E-state index contributed by atoms with van der Waals surface area (Å²) in [5, 5.41) is 8.58. The Morgan fingerprint density at radius 2 is 2.00 bits per heavy atom. The molecule has 1 fully saturated rings. The molecule has 0 saturated carbocycles. The van der Waals surface area contributed by atoms with Gasteiger partial charge in [-0.05, 0) is 42.3 Å². The maximum Gasteiger partial charge on any atom is 0.122 e. The molecular formula is C22H25N3O2. The molecule has 2 aromatic carbocycles. The van der Waals surface area contributed by atoms with Gasteiger partial charge in [0.05, 0.1) is 24.4 Å². The van der Waals surface area contributed by atoms with Gasteiger partial charge in [0.15, 0.2) is 0 Å². The van der Waals surface area contributed by atoms with Crippen LogP contribution in [0.2, 0.25) is 0 Å². The molecule has 0 spiro atoms. The smallest absolute Gasteiger partial charge is 0.122 e. The zero-order valence-electron chi connectivity index (χ0n) is 15.6. The first-order valence-corrected chi connectivity index (χ1v) is 9.44. The molecule has 0 bridgehead atoms. The van der Waals surface area contributed by atoms with Crippen molar-refractivity contribution in [3.63, 3.8) is 0 Å². The van der Waals surface area contributed by atoms with E-state index >= 15 is 0 Å². The number of aromatic nitrogens is 2. The Labute approximate surface area is 159 Å². The summed E-state index contributed by atoms with van der Waals surface area (Å²) in [6.45, 7) is 7.37. The number of hydrogen-bond acceptors (Lipinski definition) is 4. The van der Waals surface area contributed by atoms with Crippen molar-refractivity contribution in [2.45, 2.75) is 6.92 Å². The third kappa shape index (κ3) is 4.38. The van der Waals surface area contributed by atoms with E-state index in [0.29, 0.717) is 6.61 Å². The predicted molar refractivity (Wildman–Crippen MR) is 109 cm³/mol. The minimum absolute atomic E-state index is 0.704. The molecular weight excluding hydrogens is 338 g/mol. The first-order chi connectivity index (χ1) is 13.3. The summed E-state index contributed by atoms with van der Waals surface area (Å²) in [7, 11) is 0. The van der Waals surface area contributed by atoms with Crippen LogP contribution in [-0.4, -0.2) is 54.6 Å². The van der Waals surface area contributed by atoms with E-state index in [9.17, 15) is 0 Å². The van der Waals surface area contributed by atoms with Crippen LogP contribution in [0.25, 0.3) is 23.1 Å². The van der Waals surface area contributed by atoms with Gasteiger partial charge in [0, 0.05) is 25.0 Å². The van der Waals surface area contributed by atoms with Crippen LogP contribution in [0.15, 0.2) is 42.5 Å². The molecule has 4 rings (SSSR count). The molecule has 2 heterocycles. The van der Waals surface area contributed by atoms with Crippen molar-refractivity contribution in [1.29, 1.82) is 0 Å². The van der Waals surface area contributed by atoms with Crippen LogP contribution in [0.3, 0.4) is 0 Å². The molecule has 0 atom stereocenters. The molecule has 0 radical (unpaired) electrons. The van der Waals surface area contributed by atoms with E-state index in [-0.39, 0.29) is 0 Å². The number of nitrogens with zero attached hydrogens (tertiary/aromatic N) is 2. The monoisotopic (exact) mass is 363 g/mol. The number of fused-ring (bicyclic) bond motifs is 1. The summed E-state index contributed by atoms with van der Waals surface area (Å²) in [5.41, 5.74) is 4.29. The second kappa shape index (κ2) is 8.37. The van der Waals surface area contributed by atoms with Crippen molar-refractivity contribution in [1.82, 2.24) is 15.1 Å². The summed E-state index contributed by atoms with van der Waals surface area (Å²) in [5.74, 6) is 0.950. The molecule has 5 nitrogen and oxygen atoms in total. The Hall–Kier alpha value is -2.63. The van der Waals surface area contributed by atoms with Crippen LogP contribution < -0.4 is 4.74 Å². The van der Waals surface area contributed by atoms with Crippen LogP contribution in [0, 0.1) is 6.92 Å². The van der Waals surface area contributed by atoms with Gasteiger partial charge in [0.25, 0.3) is 0 Å². The molecule has 1 N–H and O–H groups in total. The van der Waals surface area contributed by atoms with Gasteiger partial charge in [-0.3, -0.25) is 10.00 Å². The lowest BCUT2D eigenvalue weighted by Gasteiger charge is -2.26. The average molecular weight is 363 g/mol. The number of aryl methyl sites for hydroxylation is 1. The minimum Gasteiger partial charge on any atom is -0.492 e. The van der Waals surface area contributed by atoms with E-state index in [1.807, 2.05) is 24.3 Å². The van der Waals surface area contributed by atoms with Crippen molar-refractivity contribution < 1.29 is 9.47 Å². The molecule has 27 heavy (non-hydrogen) atoms. The Morgan fingerprint density at radius 1 is 1.15 bits per heavy atom. The number of ether oxygens (including phenoxy) is 2. The highest BCUT2D eigenvalue weighted by Crippen LogP contribution is 2.22. The van der Waals surface area contributed by atoms with Crippen molar-refractivity contribution in [2.24, 2.45) is 0 Å². The fourth-order valence-corrected chi connectivity index (χ4v) is 3.33. The van der Waals surface area contributed by atoms with Gasteiger partial charge in [-0.25, -0.2) is 0 Å². The number of H-pyrrole nitrogens is 1. The molecule has 0 amide bonds. The highest BCUT2D eigenvalue weighted by molar-refractivity contribution is 5.89. The second-order valence-electron chi connectivity index (χ2n) is 6.82. The number of aromatic amines is 1. The second-order valence-corrected chi connectivity index (χ2v) is 6.82. The number of para-hydroxylation sites is 1. The Kier molecular flexibility index (Phi) is 5.51. The summed E-state index contributed by atoms with van der Waals surface area (Å²) in [6, 6.07) is 14.4. The van der Waals surface area contributed by atoms with E-state index in [0.717, 1.165) is 66.3 Å². The van der Waals surface area contributed by atoms with Crippen molar-refractivity contribution in [2.75, 3.05) is 39.5 Å². The summed E-state index contributed by atoms with van der Waals surface area (Å²) < 4.78 is 11.4. The van der Waals surface area contributed by atoms with E-state index in [4.69, 9.17) is 9.47 Å². The Morgan fingerprint density at radius 3 is 2.85 bits per heavy atom. The molecule has 140 valence electrons. The quantitative estimate of drug-likeness (QED) is 0.725. The van der Waals surface area contributed by atoms with Crippen molar-refractivity contribution in [3.05, 3.63) is 59.3 Å². The minimum atomic E-state index is 0.704. The largest absolute Gasteiger partial charge is 0.492 e. The first kappa shape index (κ1) is 17.8. The normalized spacial score (nSPS) is 15.6. The van der Waals surface area contributed by atoms with Gasteiger partial charge in [-0.2, -0.15) is 5.10 Å². The Bertz CT molecular complexity index is 926. The number of nitrogens with one attached hydrogen (secondary N) is 1. The van der Waals surface area contributed by atoms with E-state index in [1.54, 1.807) is 0 Å². The molecule has 1 aliphatic rings. The van der Waals surface area contributed by atoms with Crippen LogP contribution in [0.4, 0.5) is 0 Å². The lowest BCUT2D eigenvalue weighted by molar-refractivity contribution is 0.0322. The third-order valence-corrected chi connectivity index (χ3v) is 4.90. The van der Waals surface area contributed by atoms with Gasteiger partial charge in [0.2, 0.25) is 0 Å². The van der Waals surface area contributed by atoms with Gasteiger partial charge in [-0.15, -0.1) is 0 Å². The molecule has 5 heteroatoms. The number of benzene rings is 2. The molecule has 1 aromatic heterocycles. The third-order valence-electron chi connectivity index (χ3n) is 4.90. The summed E-state index contributed by atoms with van der Waals surface area (Å²) in [6.07, 6.45) is 4.14. The zero-order valence-corrected chi connectivity index (χ0v) is 15.6. The highest BCUT2D eigenvalue weighted by atomic mass is 16.5. The topological polar surface area (TPSA) is 50.4 Å². The standard InChI is InChI=1S/C22H25N3O2/c1-17-16-18(6-8-21-19-4-2-3-5-20(19)23-24-21)7-9-22(17)27-15-12-25-10-13-26-14-11-25/h2-9,16H,10-15H2,1H3,(H,23,24). The van der Waals surface area contributed by atoms with E-state index in [2.05, 4.69) is 52.4 Å². The molecule has 1 saturated heterocycles. The Balaban J connectivity index is 1.37. The van der Waals surface area contributed by atoms with Gasteiger partial charge >= 0.3 is 0 Å². The summed E-state index contributed by atoms with van der Waals surface area (Å²) >= 11 is 0. The number of morpholine rings is 1. The molecule has 0 aliphatic carbocycles. The maximum absolute atomic E-state index is 5.98. The van der Waals surface area contributed by atoms with Crippen molar-refractivity contribution in [3.8, 4) is 5.75 Å². The average Bonchev–Trinajstić information content (AvgIpc) is 3.12. The van der Waals surface area contributed by atoms with E-state index < -0.39 is 0 Å². The van der Waals surface area contributed by atoms with Crippen LogP contribution in [-0.2, 0) is 4.74 Å². The van der Waals surface area contributed by atoms with Crippen LogP contribution in [0.1, 0.15) is 16.8 Å². The number of rotatable bonds is 6. The zero-order chi connectivity index (χ0) is 18.5. The van der Waals surface area contributed by atoms with Crippen LogP contribution in [0.5, 0.6) is 5.75 Å². The van der Waals surface area contributed by atoms with E-state index in [1.165, 1.54) is 0 Å².